The summed E-state index contributed by atoms with van der Waals surface area (Å²) in [6, 6.07) is 50.0. The number of benzene rings is 7. The Labute approximate surface area is 362 Å². The zero-order valence-corrected chi connectivity index (χ0v) is 38.1. The molecule has 3 heteroatoms. The zero-order valence-electron chi connectivity index (χ0n) is 38.1. The Morgan fingerprint density at radius 3 is 1.07 bits per heavy atom. The molecule has 0 saturated carbocycles. The summed E-state index contributed by atoms with van der Waals surface area (Å²) >= 11 is 0. The van der Waals surface area contributed by atoms with E-state index >= 15 is 0 Å². The molecule has 0 fully saturated rings. The van der Waals surface area contributed by atoms with Crippen molar-refractivity contribution < 1.29 is 0 Å². The number of aromatic nitrogens is 2. The van der Waals surface area contributed by atoms with E-state index in [1.165, 1.54) is 116 Å². The van der Waals surface area contributed by atoms with Crippen molar-refractivity contribution in [2.45, 2.75) is 105 Å². The van der Waals surface area contributed by atoms with E-state index in [1.54, 1.807) is 0 Å². The maximum atomic E-state index is 2.61. The second-order valence-corrected chi connectivity index (χ2v) is 22.4. The molecule has 0 N–H and O–H groups in total. The van der Waals surface area contributed by atoms with Gasteiger partial charge in [0.15, 0.2) is 0 Å². The van der Waals surface area contributed by atoms with E-state index < -0.39 is 0 Å². The Balaban J connectivity index is 1.21. The van der Waals surface area contributed by atoms with Crippen LogP contribution in [0.5, 0.6) is 0 Å². The molecule has 0 spiro atoms. The van der Waals surface area contributed by atoms with Crippen molar-refractivity contribution in [1.82, 2.24) is 9.13 Å². The third-order valence-corrected chi connectivity index (χ3v) is 14.1. The molecule has 4 heterocycles. The van der Waals surface area contributed by atoms with Crippen LogP contribution in [0.25, 0.3) is 77.2 Å². The van der Waals surface area contributed by atoms with Gasteiger partial charge in [-0.2, -0.15) is 0 Å². The molecule has 11 rings (SSSR count). The average molecular weight is 793 g/mol. The predicted molar refractivity (Wildman–Crippen MR) is 265 cm³/mol. The highest BCUT2D eigenvalue weighted by Crippen LogP contribution is 2.43. The minimum absolute atomic E-state index is 0.0348. The van der Waals surface area contributed by atoms with Gasteiger partial charge in [-0.3, -0.25) is 0 Å². The fraction of sp³-hybridized carbons (Fsp3) is 0.276. The van der Waals surface area contributed by atoms with Crippen LogP contribution in [0.1, 0.15) is 105 Å². The number of hydrogen-bond donors (Lipinski definition) is 0. The van der Waals surface area contributed by atoms with E-state index in [4.69, 9.17) is 0 Å². The van der Waals surface area contributed by atoms with Gasteiger partial charge in [-0.1, -0.05) is 162 Å². The highest BCUT2D eigenvalue weighted by Gasteiger charge is 2.42. The quantitative estimate of drug-likeness (QED) is 0.154. The summed E-state index contributed by atoms with van der Waals surface area (Å²) in [5, 5.41) is 5.33. The van der Waals surface area contributed by atoms with Crippen molar-refractivity contribution in [3.8, 4) is 33.6 Å². The SMILES string of the molecule is CC(C)(C)c1ccc(-c2ccc3c(c2)c2cc(C(C)(C)C)cc4c2n3-c2cccc3c2B4c2cc(C(C)(C)C)cc4c5cc(-c6ccc(C(C)(C)C)cc6)ccc5n-3c24)cc1. The van der Waals surface area contributed by atoms with Gasteiger partial charge in [-0.15, -0.1) is 0 Å². The minimum Gasteiger partial charge on any atom is -0.310 e. The summed E-state index contributed by atoms with van der Waals surface area (Å²) in [7, 11) is 0. The first-order valence-electron chi connectivity index (χ1n) is 22.4. The highest BCUT2D eigenvalue weighted by atomic mass is 15.0. The molecule has 9 aromatic rings. The molecule has 0 amide bonds. The van der Waals surface area contributed by atoms with E-state index in [0.29, 0.717) is 0 Å². The number of rotatable bonds is 2. The monoisotopic (exact) mass is 792 g/mol. The molecular weight excluding hydrogens is 735 g/mol. The molecule has 61 heavy (non-hydrogen) atoms. The maximum Gasteiger partial charge on any atom is 0.252 e. The fourth-order valence-corrected chi connectivity index (χ4v) is 10.6. The molecule has 0 aliphatic carbocycles. The zero-order chi connectivity index (χ0) is 42.7. The van der Waals surface area contributed by atoms with Gasteiger partial charge in [0, 0.05) is 44.0 Å². The van der Waals surface area contributed by atoms with E-state index in [9.17, 15) is 0 Å². The molecule has 0 radical (unpaired) electrons. The third-order valence-electron chi connectivity index (χ3n) is 14.1. The van der Waals surface area contributed by atoms with Crippen LogP contribution in [0.4, 0.5) is 0 Å². The second kappa shape index (κ2) is 12.4. The summed E-state index contributed by atoms with van der Waals surface area (Å²) in [6.45, 7) is 28.0. The van der Waals surface area contributed by atoms with Crippen molar-refractivity contribution in [1.29, 1.82) is 0 Å². The summed E-state index contributed by atoms with van der Waals surface area (Å²) in [6.07, 6.45) is 0. The molecule has 0 bridgehead atoms. The van der Waals surface area contributed by atoms with Gasteiger partial charge in [0.2, 0.25) is 0 Å². The number of nitrogens with zero attached hydrogens (tertiary/aromatic N) is 2. The smallest absolute Gasteiger partial charge is 0.252 e. The lowest BCUT2D eigenvalue weighted by molar-refractivity contribution is 0.590. The molecule has 2 nitrogen and oxygen atoms in total. The standard InChI is InChI=1S/C58H57BN2/c1-55(2,3)38-22-16-34(17-23-38)36-20-26-48-42(28-36)44-30-40(57(7,8)9)32-46-53(44)60(48)50-14-13-15-51-52(50)59(46)47-33-41(58(10,11)12)31-45-43-29-37(21-27-49(43)61(51)54(45)47)35-18-24-39(25-19-35)56(4,5)6/h13-33H,1-12H3. The Bertz CT molecular complexity index is 3090. The molecule has 2 aromatic heterocycles. The normalized spacial score (nSPS) is 13.9. The molecule has 0 unspecified atom stereocenters. The van der Waals surface area contributed by atoms with Gasteiger partial charge >= 0.3 is 0 Å². The van der Waals surface area contributed by atoms with Gasteiger partial charge in [-0.25, -0.2) is 0 Å². The second-order valence-electron chi connectivity index (χ2n) is 22.4. The predicted octanol–water partition coefficient (Wildman–Crippen LogP) is 13.5. The first-order chi connectivity index (χ1) is 28.8. The van der Waals surface area contributed by atoms with Crippen LogP contribution in [0.3, 0.4) is 0 Å². The van der Waals surface area contributed by atoms with Crippen molar-refractivity contribution in [2.75, 3.05) is 0 Å². The average Bonchev–Trinajstić information content (AvgIpc) is 3.72. The summed E-state index contributed by atoms with van der Waals surface area (Å²) in [5.41, 5.74) is 22.7. The summed E-state index contributed by atoms with van der Waals surface area (Å²) in [5.74, 6) is 0. The van der Waals surface area contributed by atoms with Gasteiger partial charge in [0.05, 0.1) is 11.0 Å². The van der Waals surface area contributed by atoms with Crippen LogP contribution in [0.2, 0.25) is 0 Å². The van der Waals surface area contributed by atoms with E-state index in [1.807, 2.05) is 0 Å². The molecule has 302 valence electrons. The van der Waals surface area contributed by atoms with Gasteiger partial charge in [0.1, 0.15) is 0 Å². The Morgan fingerprint density at radius 2 is 0.705 bits per heavy atom. The third kappa shape index (κ3) is 5.61. The minimum atomic E-state index is -0.0348. The van der Waals surface area contributed by atoms with E-state index in [0.717, 1.165) is 0 Å². The Morgan fingerprint density at radius 1 is 0.344 bits per heavy atom. The van der Waals surface area contributed by atoms with Crippen molar-refractivity contribution >= 4 is 66.7 Å². The number of fused-ring (bicyclic) bond motifs is 10. The van der Waals surface area contributed by atoms with Crippen LogP contribution in [0.15, 0.2) is 127 Å². The maximum absolute atomic E-state index is 2.61. The van der Waals surface area contributed by atoms with Crippen molar-refractivity contribution in [3.05, 3.63) is 150 Å². The van der Waals surface area contributed by atoms with Gasteiger partial charge in [-0.05, 0) is 131 Å². The topological polar surface area (TPSA) is 9.86 Å². The first-order valence-corrected chi connectivity index (χ1v) is 22.4. The van der Waals surface area contributed by atoms with Crippen LogP contribution in [0, 0.1) is 0 Å². The van der Waals surface area contributed by atoms with Crippen LogP contribution >= 0.6 is 0 Å². The largest absolute Gasteiger partial charge is 0.310 e. The van der Waals surface area contributed by atoms with Gasteiger partial charge < -0.3 is 9.13 Å². The Hall–Kier alpha value is -5.80. The lowest BCUT2D eigenvalue weighted by Gasteiger charge is -2.35. The highest BCUT2D eigenvalue weighted by molar-refractivity contribution is 7.00. The molecule has 2 aliphatic rings. The lowest BCUT2D eigenvalue weighted by Crippen LogP contribution is -2.59. The molecule has 7 aromatic carbocycles. The summed E-state index contributed by atoms with van der Waals surface area (Å²) < 4.78 is 5.21. The van der Waals surface area contributed by atoms with Crippen LogP contribution < -0.4 is 16.4 Å². The van der Waals surface area contributed by atoms with E-state index in [-0.39, 0.29) is 28.4 Å². The van der Waals surface area contributed by atoms with Crippen molar-refractivity contribution in [2.24, 2.45) is 0 Å². The van der Waals surface area contributed by atoms with Crippen molar-refractivity contribution in [3.63, 3.8) is 0 Å². The van der Waals surface area contributed by atoms with E-state index in [2.05, 4.69) is 220 Å². The molecule has 2 aliphatic heterocycles. The fourth-order valence-electron chi connectivity index (χ4n) is 10.6. The molecular formula is C58H57BN2. The van der Waals surface area contributed by atoms with Gasteiger partial charge in [0.25, 0.3) is 6.71 Å². The van der Waals surface area contributed by atoms with Crippen LogP contribution in [-0.2, 0) is 21.7 Å². The molecule has 0 atom stereocenters. The summed E-state index contributed by atoms with van der Waals surface area (Å²) in [4.78, 5) is 0. The molecule has 0 saturated heterocycles. The van der Waals surface area contributed by atoms with Crippen LogP contribution in [-0.4, -0.2) is 15.8 Å². The number of hydrogen-bond acceptors (Lipinski definition) is 0. The first kappa shape index (κ1) is 38.2. The Kier molecular flexibility index (Phi) is 7.76. The lowest BCUT2D eigenvalue weighted by atomic mass is 9.34.